The molecular weight excluding hydrogens is 244 g/mol. The van der Waals surface area contributed by atoms with E-state index in [1.807, 2.05) is 0 Å². The Balaban J connectivity index is 2.21. The summed E-state index contributed by atoms with van der Waals surface area (Å²) in [5, 5.41) is 3.80. The first-order valence-corrected chi connectivity index (χ1v) is 8.22. The van der Waals surface area contributed by atoms with E-state index in [1.54, 1.807) is 0 Å². The molecule has 1 aromatic carbocycles. The quantitative estimate of drug-likeness (QED) is 0.873. The molecule has 1 saturated heterocycles. The number of rotatable bonds is 5. The molecule has 0 amide bonds. The van der Waals surface area contributed by atoms with Crippen LogP contribution >= 0.6 is 0 Å². The van der Waals surface area contributed by atoms with E-state index in [4.69, 9.17) is 0 Å². The third kappa shape index (κ3) is 2.91. The summed E-state index contributed by atoms with van der Waals surface area (Å²) < 4.78 is 0. The Kier molecular flexibility index (Phi) is 5.22. The minimum Gasteiger partial charge on any atom is -0.307 e. The highest BCUT2D eigenvalue weighted by Crippen LogP contribution is 2.33. The maximum atomic E-state index is 3.80. The molecule has 1 aromatic rings. The van der Waals surface area contributed by atoms with E-state index in [1.165, 1.54) is 24.8 Å². The largest absolute Gasteiger partial charge is 0.307 e. The molecule has 0 bridgehead atoms. The molecule has 2 rings (SSSR count). The van der Waals surface area contributed by atoms with Crippen LogP contribution < -0.4 is 5.32 Å². The fourth-order valence-corrected chi connectivity index (χ4v) is 3.55. The monoisotopic (exact) mass is 274 g/mol. The summed E-state index contributed by atoms with van der Waals surface area (Å²) in [4.78, 5) is 2.77. The molecule has 1 aliphatic rings. The minimum atomic E-state index is 0.334. The molecule has 1 aliphatic heterocycles. The van der Waals surface area contributed by atoms with Gasteiger partial charge in [0.05, 0.1) is 0 Å². The van der Waals surface area contributed by atoms with Gasteiger partial charge in [-0.3, -0.25) is 4.90 Å². The van der Waals surface area contributed by atoms with Crippen molar-refractivity contribution in [2.24, 2.45) is 0 Å². The Bertz CT molecular complexity index is 397. The molecule has 1 fully saturated rings. The van der Waals surface area contributed by atoms with Crippen molar-refractivity contribution >= 4 is 0 Å². The molecule has 2 atom stereocenters. The maximum absolute atomic E-state index is 3.80. The van der Waals surface area contributed by atoms with Gasteiger partial charge in [0.2, 0.25) is 0 Å². The Morgan fingerprint density at radius 1 is 1.20 bits per heavy atom. The average Bonchev–Trinajstić information content (AvgIpc) is 2.54. The Labute approximate surface area is 124 Å². The number of hydrogen-bond acceptors (Lipinski definition) is 2. The second-order valence-corrected chi connectivity index (χ2v) is 6.19. The van der Waals surface area contributed by atoms with Crippen LogP contribution in [-0.4, -0.2) is 29.6 Å². The van der Waals surface area contributed by atoms with Gasteiger partial charge in [0, 0.05) is 30.7 Å². The fourth-order valence-electron chi connectivity index (χ4n) is 3.55. The summed E-state index contributed by atoms with van der Waals surface area (Å²) in [5.41, 5.74) is 1.75. The van der Waals surface area contributed by atoms with Crippen LogP contribution in [0.2, 0.25) is 0 Å². The lowest BCUT2D eigenvalue weighted by atomic mass is 9.84. The van der Waals surface area contributed by atoms with Gasteiger partial charge in [-0.25, -0.2) is 0 Å². The highest BCUT2D eigenvalue weighted by Gasteiger charge is 2.40. The fraction of sp³-hybridized carbons (Fsp3) is 0.667. The van der Waals surface area contributed by atoms with Gasteiger partial charge in [-0.15, -0.1) is 0 Å². The van der Waals surface area contributed by atoms with Crippen LogP contribution in [0.3, 0.4) is 0 Å². The summed E-state index contributed by atoms with van der Waals surface area (Å²) >= 11 is 0. The zero-order valence-electron chi connectivity index (χ0n) is 13.5. The van der Waals surface area contributed by atoms with Crippen LogP contribution in [0.4, 0.5) is 0 Å². The summed E-state index contributed by atoms with van der Waals surface area (Å²) in [5.74, 6) is 0. The summed E-state index contributed by atoms with van der Waals surface area (Å²) in [7, 11) is 0. The standard InChI is InChI=1S/C18H30N2/c1-5-15(4)20-13-17(16-11-9-8-10-12-16)19-14-18(20,6-2)7-3/h8-12,15,17,19H,5-7,13-14H2,1-4H3. The van der Waals surface area contributed by atoms with E-state index < -0.39 is 0 Å². The summed E-state index contributed by atoms with van der Waals surface area (Å²) in [6.07, 6.45) is 3.67. The van der Waals surface area contributed by atoms with Crippen LogP contribution in [-0.2, 0) is 0 Å². The van der Waals surface area contributed by atoms with Crippen molar-refractivity contribution in [1.82, 2.24) is 10.2 Å². The summed E-state index contributed by atoms with van der Waals surface area (Å²) in [6, 6.07) is 12.0. The molecule has 2 heteroatoms. The van der Waals surface area contributed by atoms with E-state index in [2.05, 4.69) is 68.2 Å². The van der Waals surface area contributed by atoms with Gasteiger partial charge in [-0.05, 0) is 31.7 Å². The second kappa shape index (κ2) is 6.73. The molecule has 0 aliphatic carbocycles. The third-order valence-electron chi connectivity index (χ3n) is 5.31. The predicted molar refractivity (Wildman–Crippen MR) is 87.0 cm³/mol. The molecule has 2 unspecified atom stereocenters. The molecule has 112 valence electrons. The van der Waals surface area contributed by atoms with Crippen LogP contribution in [0.25, 0.3) is 0 Å². The first kappa shape index (κ1) is 15.5. The van der Waals surface area contributed by atoms with E-state index in [-0.39, 0.29) is 0 Å². The van der Waals surface area contributed by atoms with Crippen LogP contribution in [0, 0.1) is 0 Å². The van der Waals surface area contributed by atoms with Gasteiger partial charge < -0.3 is 5.32 Å². The molecule has 0 aromatic heterocycles. The van der Waals surface area contributed by atoms with Gasteiger partial charge in [-0.2, -0.15) is 0 Å². The number of piperazine rings is 1. The van der Waals surface area contributed by atoms with Crippen molar-refractivity contribution in [2.75, 3.05) is 13.1 Å². The molecule has 20 heavy (non-hydrogen) atoms. The van der Waals surface area contributed by atoms with Crippen molar-refractivity contribution in [3.63, 3.8) is 0 Å². The lowest BCUT2D eigenvalue weighted by Gasteiger charge is -2.52. The van der Waals surface area contributed by atoms with E-state index in [9.17, 15) is 0 Å². The Morgan fingerprint density at radius 3 is 2.40 bits per heavy atom. The first-order chi connectivity index (χ1) is 9.66. The van der Waals surface area contributed by atoms with E-state index in [0.717, 1.165) is 13.1 Å². The summed E-state index contributed by atoms with van der Waals surface area (Å²) in [6.45, 7) is 11.6. The molecular formula is C18H30N2. The zero-order valence-corrected chi connectivity index (χ0v) is 13.5. The normalized spacial score (nSPS) is 24.5. The molecule has 1 heterocycles. The van der Waals surface area contributed by atoms with Crippen molar-refractivity contribution < 1.29 is 0 Å². The smallest absolute Gasteiger partial charge is 0.0450 e. The average molecular weight is 274 g/mol. The van der Waals surface area contributed by atoms with Crippen LogP contribution in [0.1, 0.15) is 58.6 Å². The Hall–Kier alpha value is -0.860. The van der Waals surface area contributed by atoms with Crippen molar-refractivity contribution in [2.45, 2.75) is 64.6 Å². The van der Waals surface area contributed by atoms with Gasteiger partial charge in [0.15, 0.2) is 0 Å². The molecule has 2 nitrogen and oxygen atoms in total. The number of hydrogen-bond donors (Lipinski definition) is 1. The third-order valence-corrected chi connectivity index (χ3v) is 5.31. The number of benzene rings is 1. The highest BCUT2D eigenvalue weighted by molar-refractivity contribution is 5.21. The minimum absolute atomic E-state index is 0.334. The van der Waals surface area contributed by atoms with Crippen molar-refractivity contribution in [3.8, 4) is 0 Å². The molecule has 0 radical (unpaired) electrons. The van der Waals surface area contributed by atoms with Gasteiger partial charge in [0.1, 0.15) is 0 Å². The molecule has 1 N–H and O–H groups in total. The SMILES string of the molecule is CCC(C)N1CC(c2ccccc2)NCC1(CC)CC. The van der Waals surface area contributed by atoms with Crippen molar-refractivity contribution in [3.05, 3.63) is 35.9 Å². The number of nitrogens with zero attached hydrogens (tertiary/aromatic N) is 1. The van der Waals surface area contributed by atoms with Crippen molar-refractivity contribution in [1.29, 1.82) is 0 Å². The maximum Gasteiger partial charge on any atom is 0.0450 e. The van der Waals surface area contributed by atoms with E-state index >= 15 is 0 Å². The predicted octanol–water partition coefficient (Wildman–Crippen LogP) is 3.99. The molecule has 0 saturated carbocycles. The Morgan fingerprint density at radius 2 is 1.85 bits per heavy atom. The topological polar surface area (TPSA) is 15.3 Å². The van der Waals surface area contributed by atoms with E-state index in [0.29, 0.717) is 17.6 Å². The van der Waals surface area contributed by atoms with Gasteiger partial charge in [-0.1, -0.05) is 51.1 Å². The second-order valence-electron chi connectivity index (χ2n) is 6.19. The first-order valence-electron chi connectivity index (χ1n) is 8.22. The van der Waals surface area contributed by atoms with Gasteiger partial charge in [0.25, 0.3) is 0 Å². The van der Waals surface area contributed by atoms with Gasteiger partial charge >= 0.3 is 0 Å². The van der Waals surface area contributed by atoms with Crippen LogP contribution in [0.5, 0.6) is 0 Å². The zero-order chi connectivity index (χ0) is 14.6. The number of nitrogens with one attached hydrogen (secondary N) is 1. The molecule has 0 spiro atoms. The lowest BCUT2D eigenvalue weighted by molar-refractivity contribution is -0.000902. The highest BCUT2D eigenvalue weighted by atomic mass is 15.3. The van der Waals surface area contributed by atoms with Crippen LogP contribution in [0.15, 0.2) is 30.3 Å². The lowest BCUT2D eigenvalue weighted by Crippen LogP contribution is -2.63.